The van der Waals surface area contributed by atoms with E-state index in [2.05, 4.69) is 17.4 Å². The number of hydrogen-bond acceptors (Lipinski definition) is 3. The third kappa shape index (κ3) is 3.62. The summed E-state index contributed by atoms with van der Waals surface area (Å²) >= 11 is 0. The van der Waals surface area contributed by atoms with Crippen LogP contribution in [0.2, 0.25) is 0 Å². The van der Waals surface area contributed by atoms with Crippen molar-refractivity contribution >= 4 is 5.91 Å². The second-order valence-corrected chi connectivity index (χ2v) is 7.82. The van der Waals surface area contributed by atoms with Gasteiger partial charge in [0.25, 0.3) is 12.3 Å². The Morgan fingerprint density at radius 3 is 2.69 bits per heavy atom. The molecule has 2 saturated heterocycles. The first-order chi connectivity index (χ1) is 12.6. The van der Waals surface area contributed by atoms with Gasteiger partial charge in [-0.1, -0.05) is 12.1 Å². The summed E-state index contributed by atoms with van der Waals surface area (Å²) in [7, 11) is 0. The first-order valence-corrected chi connectivity index (χ1v) is 9.77. The van der Waals surface area contributed by atoms with E-state index in [1.807, 2.05) is 15.9 Å². The Hall–Kier alpha value is -1.53. The second kappa shape index (κ2) is 7.61. The molecule has 0 saturated carbocycles. The van der Waals surface area contributed by atoms with E-state index in [0.29, 0.717) is 18.5 Å². The molecule has 1 N–H and O–H groups in total. The minimum atomic E-state index is -2.25. The molecule has 1 atom stereocenters. The summed E-state index contributed by atoms with van der Waals surface area (Å²) in [6.07, 6.45) is 1.76. The molecule has 6 heteroatoms. The second-order valence-electron chi connectivity index (χ2n) is 7.82. The molecular formula is C20H27F2N3O. The van der Waals surface area contributed by atoms with Gasteiger partial charge in [-0.05, 0) is 68.4 Å². The van der Waals surface area contributed by atoms with Gasteiger partial charge in [-0.15, -0.1) is 0 Å². The molecule has 0 aliphatic carbocycles. The third-order valence-corrected chi connectivity index (χ3v) is 6.13. The smallest absolute Gasteiger partial charge is 0.254 e. The van der Waals surface area contributed by atoms with Crippen LogP contribution in [0.15, 0.2) is 18.2 Å². The van der Waals surface area contributed by atoms with E-state index in [-0.39, 0.29) is 12.5 Å². The maximum absolute atomic E-state index is 12.7. The monoisotopic (exact) mass is 363 g/mol. The number of likely N-dealkylation sites (tertiary alicyclic amines) is 1. The summed E-state index contributed by atoms with van der Waals surface area (Å²) in [5, 5.41) is 3.39. The lowest BCUT2D eigenvalue weighted by Crippen LogP contribution is -2.46. The molecule has 0 spiro atoms. The van der Waals surface area contributed by atoms with Crippen LogP contribution >= 0.6 is 0 Å². The molecule has 4 nitrogen and oxygen atoms in total. The molecule has 0 bridgehead atoms. The van der Waals surface area contributed by atoms with Gasteiger partial charge >= 0.3 is 0 Å². The molecule has 1 amide bonds. The van der Waals surface area contributed by atoms with Crippen LogP contribution in [0.4, 0.5) is 8.78 Å². The lowest BCUT2D eigenvalue weighted by molar-refractivity contribution is 0.0674. The lowest BCUT2D eigenvalue weighted by Gasteiger charge is -2.32. The highest BCUT2D eigenvalue weighted by atomic mass is 19.3. The molecule has 0 aromatic heterocycles. The number of amides is 1. The zero-order chi connectivity index (χ0) is 18.1. The molecule has 1 unspecified atom stereocenters. The molecular weight excluding hydrogens is 336 g/mol. The Kier molecular flexibility index (Phi) is 5.23. The molecule has 3 aliphatic heterocycles. The van der Waals surface area contributed by atoms with Crippen molar-refractivity contribution in [1.29, 1.82) is 0 Å². The topological polar surface area (TPSA) is 35.6 Å². The van der Waals surface area contributed by atoms with Crippen molar-refractivity contribution < 1.29 is 13.6 Å². The van der Waals surface area contributed by atoms with E-state index in [0.717, 1.165) is 63.0 Å². The van der Waals surface area contributed by atoms with Crippen LogP contribution in [-0.4, -0.2) is 60.9 Å². The van der Waals surface area contributed by atoms with Crippen molar-refractivity contribution in [3.05, 3.63) is 34.9 Å². The molecule has 142 valence electrons. The van der Waals surface area contributed by atoms with Gasteiger partial charge in [0.05, 0.1) is 6.54 Å². The summed E-state index contributed by atoms with van der Waals surface area (Å²) in [6, 6.07) is 6.54. The van der Waals surface area contributed by atoms with Crippen molar-refractivity contribution in [1.82, 2.24) is 15.1 Å². The molecule has 0 radical (unpaired) electrons. The van der Waals surface area contributed by atoms with E-state index in [4.69, 9.17) is 0 Å². The van der Waals surface area contributed by atoms with E-state index in [1.165, 1.54) is 5.56 Å². The van der Waals surface area contributed by atoms with Crippen LogP contribution in [0.5, 0.6) is 0 Å². The van der Waals surface area contributed by atoms with E-state index in [1.54, 1.807) is 0 Å². The van der Waals surface area contributed by atoms with Gasteiger partial charge in [0.1, 0.15) is 0 Å². The number of fused-ring (bicyclic) bond motifs is 1. The number of rotatable bonds is 4. The quantitative estimate of drug-likeness (QED) is 0.894. The van der Waals surface area contributed by atoms with Gasteiger partial charge in [0.15, 0.2) is 0 Å². The fourth-order valence-corrected chi connectivity index (χ4v) is 4.66. The number of benzene rings is 1. The molecule has 4 rings (SSSR count). The summed E-state index contributed by atoms with van der Waals surface area (Å²) in [4.78, 5) is 16.6. The number of piperidine rings is 2. The normalized spacial score (nSPS) is 25.1. The predicted octanol–water partition coefficient (Wildman–Crippen LogP) is 2.84. The average Bonchev–Trinajstić information content (AvgIpc) is 2.99. The highest BCUT2D eigenvalue weighted by Crippen LogP contribution is 2.33. The van der Waals surface area contributed by atoms with Crippen LogP contribution in [0.1, 0.15) is 53.1 Å². The lowest BCUT2D eigenvalue weighted by atomic mass is 9.88. The van der Waals surface area contributed by atoms with Gasteiger partial charge in [0, 0.05) is 24.7 Å². The Morgan fingerprint density at radius 2 is 2.00 bits per heavy atom. The van der Waals surface area contributed by atoms with Crippen molar-refractivity contribution in [2.75, 3.05) is 32.7 Å². The first-order valence-electron chi connectivity index (χ1n) is 9.77. The van der Waals surface area contributed by atoms with Gasteiger partial charge in [0.2, 0.25) is 0 Å². The average molecular weight is 363 g/mol. The predicted molar refractivity (Wildman–Crippen MR) is 96.6 cm³/mol. The molecule has 1 aromatic rings. The van der Waals surface area contributed by atoms with E-state index < -0.39 is 6.43 Å². The van der Waals surface area contributed by atoms with Crippen LogP contribution in [0.3, 0.4) is 0 Å². The first kappa shape index (κ1) is 17.9. The highest BCUT2D eigenvalue weighted by molar-refractivity contribution is 5.98. The molecule has 3 aliphatic rings. The maximum Gasteiger partial charge on any atom is 0.254 e. The summed E-state index contributed by atoms with van der Waals surface area (Å²) in [5.74, 6) is 0.571. The number of nitrogens with zero attached hydrogens (tertiary/aromatic N) is 2. The molecule has 2 fully saturated rings. The van der Waals surface area contributed by atoms with Gasteiger partial charge in [-0.3, -0.25) is 9.69 Å². The number of alkyl halides is 2. The van der Waals surface area contributed by atoms with Crippen molar-refractivity contribution in [3.8, 4) is 0 Å². The Balaban J connectivity index is 1.42. The van der Waals surface area contributed by atoms with Crippen molar-refractivity contribution in [2.24, 2.45) is 0 Å². The molecule has 1 aromatic carbocycles. The molecule has 26 heavy (non-hydrogen) atoms. The van der Waals surface area contributed by atoms with Crippen LogP contribution in [0.25, 0.3) is 0 Å². The fraction of sp³-hybridized carbons (Fsp3) is 0.650. The summed E-state index contributed by atoms with van der Waals surface area (Å²) in [6.45, 7) is 3.97. The Morgan fingerprint density at radius 1 is 1.19 bits per heavy atom. The summed E-state index contributed by atoms with van der Waals surface area (Å²) in [5.41, 5.74) is 3.24. The minimum absolute atomic E-state index is 0.115. The van der Waals surface area contributed by atoms with Gasteiger partial charge in [-0.25, -0.2) is 8.78 Å². The van der Waals surface area contributed by atoms with Crippen LogP contribution < -0.4 is 5.32 Å². The van der Waals surface area contributed by atoms with Crippen molar-refractivity contribution in [2.45, 2.75) is 50.6 Å². The zero-order valence-corrected chi connectivity index (χ0v) is 15.1. The maximum atomic E-state index is 12.7. The van der Waals surface area contributed by atoms with Crippen LogP contribution in [0, 0.1) is 0 Å². The Labute approximate surface area is 153 Å². The van der Waals surface area contributed by atoms with Gasteiger partial charge in [-0.2, -0.15) is 0 Å². The zero-order valence-electron chi connectivity index (χ0n) is 15.1. The summed E-state index contributed by atoms with van der Waals surface area (Å²) < 4.78 is 25.1. The fourth-order valence-electron chi connectivity index (χ4n) is 4.66. The molecule has 3 heterocycles. The highest BCUT2D eigenvalue weighted by Gasteiger charge is 2.34. The van der Waals surface area contributed by atoms with E-state index >= 15 is 0 Å². The number of nitrogens with one attached hydrogen (secondary N) is 1. The third-order valence-electron chi connectivity index (χ3n) is 6.13. The Bertz CT molecular complexity index is 652. The number of carbonyl (C=O) groups is 1. The number of halogens is 2. The number of carbonyl (C=O) groups excluding carboxylic acids is 1. The largest absolute Gasteiger partial charge is 0.330 e. The standard InChI is InChI=1S/C20H27F2N3O/c21-19(22)13-24-8-5-14(6-9-24)15-3-4-18-16(10-15)12-25(20(18)26)17-2-1-7-23-11-17/h3-4,10,14,17,19,23H,1-2,5-9,11-13H2. The SMILES string of the molecule is O=C1c2ccc(C3CCN(CC(F)F)CC3)cc2CN1C1CCCNC1. The van der Waals surface area contributed by atoms with E-state index in [9.17, 15) is 13.6 Å². The minimum Gasteiger partial charge on any atom is -0.330 e. The van der Waals surface area contributed by atoms with Crippen molar-refractivity contribution in [3.63, 3.8) is 0 Å². The number of hydrogen-bond donors (Lipinski definition) is 1. The van der Waals surface area contributed by atoms with Crippen LogP contribution in [-0.2, 0) is 6.54 Å². The van der Waals surface area contributed by atoms with Gasteiger partial charge < -0.3 is 10.2 Å².